The van der Waals surface area contributed by atoms with E-state index in [1.54, 1.807) is 0 Å². The van der Waals surface area contributed by atoms with Crippen LogP contribution in [0.25, 0.3) is 0 Å². The molecule has 0 saturated heterocycles. The maximum Gasteiger partial charge on any atom is 0.306 e. The molecule has 1 aliphatic carbocycles. The highest BCUT2D eigenvalue weighted by Crippen LogP contribution is 2.28. The average Bonchev–Trinajstić information content (AvgIpc) is 2.35. The molecule has 0 bridgehead atoms. The molecule has 17 heavy (non-hydrogen) atoms. The van der Waals surface area contributed by atoms with Gasteiger partial charge in [0, 0.05) is 12.3 Å². The standard InChI is InChI=1S/C11H20N2O3S/c12-9(6-17)10(14)13-5-7-1-3-8(4-2-7)11(15)16/h7-9,17H,1-6,12H2,(H,13,14)(H,15,16)/t7?,8?,9-/m0/s1. The summed E-state index contributed by atoms with van der Waals surface area (Å²) in [6.45, 7) is 0.590. The van der Waals surface area contributed by atoms with Crippen molar-refractivity contribution >= 4 is 24.5 Å². The van der Waals surface area contributed by atoms with E-state index in [0.717, 1.165) is 12.8 Å². The van der Waals surface area contributed by atoms with Gasteiger partial charge in [-0.1, -0.05) is 0 Å². The first kappa shape index (κ1) is 14.3. The van der Waals surface area contributed by atoms with Gasteiger partial charge in [-0.15, -0.1) is 0 Å². The molecular formula is C11H20N2O3S. The molecule has 98 valence electrons. The highest BCUT2D eigenvalue weighted by molar-refractivity contribution is 7.80. The summed E-state index contributed by atoms with van der Waals surface area (Å²) in [6.07, 6.45) is 3.11. The molecule has 6 heteroatoms. The smallest absolute Gasteiger partial charge is 0.306 e. The molecule has 4 N–H and O–H groups in total. The van der Waals surface area contributed by atoms with E-state index in [1.165, 1.54) is 0 Å². The largest absolute Gasteiger partial charge is 0.481 e. The van der Waals surface area contributed by atoms with E-state index < -0.39 is 12.0 Å². The molecular weight excluding hydrogens is 240 g/mol. The summed E-state index contributed by atoms with van der Waals surface area (Å²) >= 11 is 3.96. The van der Waals surface area contributed by atoms with Crippen molar-refractivity contribution in [3.63, 3.8) is 0 Å². The zero-order valence-electron chi connectivity index (χ0n) is 9.76. The monoisotopic (exact) mass is 260 g/mol. The predicted octanol–water partition coefficient (Wildman–Crippen LogP) is 0.251. The molecule has 1 atom stereocenters. The van der Waals surface area contributed by atoms with Gasteiger partial charge in [0.2, 0.25) is 5.91 Å². The van der Waals surface area contributed by atoms with Gasteiger partial charge in [-0.05, 0) is 31.6 Å². The van der Waals surface area contributed by atoms with Crippen molar-refractivity contribution in [2.24, 2.45) is 17.6 Å². The van der Waals surface area contributed by atoms with Crippen molar-refractivity contribution in [2.45, 2.75) is 31.7 Å². The average molecular weight is 260 g/mol. The molecule has 0 aromatic carbocycles. The van der Waals surface area contributed by atoms with Crippen molar-refractivity contribution < 1.29 is 14.7 Å². The summed E-state index contributed by atoms with van der Waals surface area (Å²) in [5.41, 5.74) is 5.53. The Kier molecular flexibility index (Phi) is 5.77. The first-order valence-corrected chi connectivity index (χ1v) is 6.54. The zero-order chi connectivity index (χ0) is 12.8. The number of carbonyl (C=O) groups is 2. The molecule has 0 radical (unpaired) electrons. The fraction of sp³-hybridized carbons (Fsp3) is 0.818. The number of hydrogen-bond donors (Lipinski definition) is 4. The van der Waals surface area contributed by atoms with Crippen LogP contribution in [0.5, 0.6) is 0 Å². The van der Waals surface area contributed by atoms with E-state index in [4.69, 9.17) is 10.8 Å². The summed E-state index contributed by atoms with van der Waals surface area (Å²) < 4.78 is 0. The minimum atomic E-state index is -0.704. The number of carboxylic acids is 1. The van der Waals surface area contributed by atoms with Gasteiger partial charge in [-0.2, -0.15) is 12.6 Å². The number of thiol groups is 1. The maximum absolute atomic E-state index is 11.4. The van der Waals surface area contributed by atoms with Crippen LogP contribution in [-0.4, -0.2) is 35.3 Å². The summed E-state index contributed by atoms with van der Waals surface area (Å²) in [4.78, 5) is 22.2. The van der Waals surface area contributed by atoms with Crippen molar-refractivity contribution in [3.05, 3.63) is 0 Å². The second-order valence-corrected chi connectivity index (χ2v) is 4.96. The van der Waals surface area contributed by atoms with E-state index in [2.05, 4.69) is 17.9 Å². The minimum Gasteiger partial charge on any atom is -0.481 e. The molecule has 0 aliphatic heterocycles. The second-order valence-electron chi connectivity index (χ2n) is 4.59. The lowest BCUT2D eigenvalue weighted by atomic mass is 9.82. The SMILES string of the molecule is N[C@@H](CS)C(=O)NCC1CCC(C(=O)O)CC1. The number of amides is 1. The van der Waals surface area contributed by atoms with Gasteiger partial charge in [0.05, 0.1) is 12.0 Å². The van der Waals surface area contributed by atoms with Crippen molar-refractivity contribution in [2.75, 3.05) is 12.3 Å². The third kappa shape index (κ3) is 4.55. The molecule has 1 rings (SSSR count). The normalized spacial score (nSPS) is 26.2. The third-order valence-corrected chi connectivity index (χ3v) is 3.69. The van der Waals surface area contributed by atoms with Gasteiger partial charge in [-0.3, -0.25) is 9.59 Å². The Labute approximate surface area is 107 Å². The molecule has 1 fully saturated rings. The van der Waals surface area contributed by atoms with E-state index >= 15 is 0 Å². The van der Waals surface area contributed by atoms with Crippen molar-refractivity contribution in [1.82, 2.24) is 5.32 Å². The number of rotatable bonds is 5. The summed E-state index contributed by atoms with van der Waals surface area (Å²) in [6, 6.07) is -0.561. The lowest BCUT2D eigenvalue weighted by Gasteiger charge is -2.26. The molecule has 0 aromatic rings. The molecule has 0 heterocycles. The number of aliphatic carboxylic acids is 1. The number of nitrogens with one attached hydrogen (secondary N) is 1. The second kappa shape index (κ2) is 6.86. The Morgan fingerprint density at radius 2 is 1.94 bits per heavy atom. The fourth-order valence-corrected chi connectivity index (χ4v) is 2.24. The minimum absolute atomic E-state index is 0.180. The van der Waals surface area contributed by atoms with Crippen LogP contribution in [-0.2, 0) is 9.59 Å². The van der Waals surface area contributed by atoms with Gasteiger partial charge < -0.3 is 16.2 Å². The highest BCUT2D eigenvalue weighted by Gasteiger charge is 2.26. The van der Waals surface area contributed by atoms with Gasteiger partial charge in [0.25, 0.3) is 0 Å². The van der Waals surface area contributed by atoms with Crippen LogP contribution in [0.2, 0.25) is 0 Å². The van der Waals surface area contributed by atoms with Crippen LogP contribution < -0.4 is 11.1 Å². The first-order chi connectivity index (χ1) is 8.04. The molecule has 1 amide bonds. The van der Waals surface area contributed by atoms with E-state index in [-0.39, 0.29) is 11.8 Å². The van der Waals surface area contributed by atoms with Gasteiger partial charge >= 0.3 is 5.97 Å². The quantitative estimate of drug-likeness (QED) is 0.533. The highest BCUT2D eigenvalue weighted by atomic mass is 32.1. The Hall–Kier alpha value is -0.750. The Morgan fingerprint density at radius 1 is 1.35 bits per heavy atom. The molecule has 1 saturated carbocycles. The molecule has 0 spiro atoms. The van der Waals surface area contributed by atoms with Gasteiger partial charge in [0.1, 0.15) is 0 Å². The first-order valence-electron chi connectivity index (χ1n) is 5.91. The summed E-state index contributed by atoms with van der Waals surface area (Å²) in [5.74, 6) is -0.384. The molecule has 5 nitrogen and oxygen atoms in total. The van der Waals surface area contributed by atoms with Crippen LogP contribution in [0.4, 0.5) is 0 Å². The van der Waals surface area contributed by atoms with Crippen LogP contribution in [0.15, 0.2) is 0 Å². The Morgan fingerprint density at radius 3 is 2.41 bits per heavy atom. The van der Waals surface area contributed by atoms with Crippen LogP contribution in [0, 0.1) is 11.8 Å². The van der Waals surface area contributed by atoms with Gasteiger partial charge in [-0.25, -0.2) is 0 Å². The Balaban J connectivity index is 2.22. The van der Waals surface area contributed by atoms with Crippen LogP contribution in [0.3, 0.4) is 0 Å². The van der Waals surface area contributed by atoms with Crippen molar-refractivity contribution in [1.29, 1.82) is 0 Å². The lowest BCUT2D eigenvalue weighted by Crippen LogP contribution is -2.44. The number of carboxylic acid groups (broad SMARTS) is 1. The predicted molar refractivity (Wildman–Crippen MR) is 67.9 cm³/mol. The van der Waals surface area contributed by atoms with Crippen molar-refractivity contribution in [3.8, 4) is 0 Å². The van der Waals surface area contributed by atoms with E-state index in [1.807, 2.05) is 0 Å². The topological polar surface area (TPSA) is 92.4 Å². The lowest BCUT2D eigenvalue weighted by molar-refractivity contribution is -0.143. The number of hydrogen-bond acceptors (Lipinski definition) is 4. The summed E-state index contributed by atoms with van der Waals surface area (Å²) in [7, 11) is 0. The molecule has 0 unspecified atom stereocenters. The Bertz CT molecular complexity index is 278. The number of carbonyl (C=O) groups excluding carboxylic acids is 1. The number of nitrogens with two attached hydrogens (primary N) is 1. The van der Waals surface area contributed by atoms with Gasteiger partial charge in [0.15, 0.2) is 0 Å². The van der Waals surface area contributed by atoms with Crippen LogP contribution in [0.1, 0.15) is 25.7 Å². The third-order valence-electron chi connectivity index (χ3n) is 3.29. The summed E-state index contributed by atoms with van der Waals surface area (Å²) in [5, 5.41) is 11.6. The van der Waals surface area contributed by atoms with E-state index in [0.29, 0.717) is 31.1 Å². The molecule has 0 aromatic heterocycles. The van der Waals surface area contributed by atoms with Crippen LogP contribution >= 0.6 is 12.6 Å². The zero-order valence-corrected chi connectivity index (χ0v) is 10.7. The van der Waals surface area contributed by atoms with E-state index in [9.17, 15) is 9.59 Å². The fourth-order valence-electron chi connectivity index (χ4n) is 2.07. The maximum atomic E-state index is 11.4. The molecule has 1 aliphatic rings.